The lowest BCUT2D eigenvalue weighted by Gasteiger charge is -2.36. The number of hydrogen-bond donors (Lipinski definition) is 0. The molecule has 0 N–H and O–H groups in total. The van der Waals surface area contributed by atoms with E-state index in [9.17, 15) is 4.79 Å². The van der Waals surface area contributed by atoms with Crippen LogP contribution in [0.5, 0.6) is 0 Å². The normalized spacial score (nSPS) is 16.2. The Kier molecular flexibility index (Phi) is 6.91. The van der Waals surface area contributed by atoms with Gasteiger partial charge in [0.1, 0.15) is 6.67 Å². The molecule has 0 unspecified atom stereocenters. The summed E-state index contributed by atoms with van der Waals surface area (Å²) in [4.78, 5) is 29.0. The van der Waals surface area contributed by atoms with E-state index in [1.165, 1.54) is 17.4 Å². The van der Waals surface area contributed by atoms with Crippen molar-refractivity contribution in [3.63, 3.8) is 0 Å². The average Bonchev–Trinajstić information content (AvgIpc) is 2.93. The van der Waals surface area contributed by atoms with Crippen LogP contribution in [0.15, 0.2) is 101 Å². The highest BCUT2D eigenvalue weighted by Crippen LogP contribution is 2.24. The van der Waals surface area contributed by atoms with E-state index in [4.69, 9.17) is 9.98 Å². The smallest absolute Gasteiger partial charge is 0.233 e. The van der Waals surface area contributed by atoms with Crippen LogP contribution in [0.4, 0.5) is 11.4 Å². The molecule has 3 aromatic rings. The fraction of sp³-hybridized carbons (Fsp3) is 0.222. The number of amides is 1. The van der Waals surface area contributed by atoms with Crippen molar-refractivity contribution >= 4 is 40.0 Å². The molecule has 172 valence electrons. The van der Waals surface area contributed by atoms with Crippen molar-refractivity contribution in [3.05, 3.63) is 96.6 Å². The Morgan fingerprint density at radius 2 is 1.35 bits per heavy atom. The van der Waals surface area contributed by atoms with Gasteiger partial charge in [-0.3, -0.25) is 4.79 Å². The van der Waals surface area contributed by atoms with Crippen molar-refractivity contribution in [1.82, 2.24) is 4.90 Å². The second-order valence-corrected chi connectivity index (χ2v) is 9.08. The van der Waals surface area contributed by atoms with Crippen LogP contribution in [-0.2, 0) is 4.79 Å². The monoisotopic (exact) mass is 469 g/mol. The molecule has 2 aliphatic rings. The molecule has 2 heterocycles. The van der Waals surface area contributed by atoms with Crippen LogP contribution < -0.4 is 9.80 Å². The summed E-state index contributed by atoms with van der Waals surface area (Å²) in [6.07, 6.45) is 0. The SMILES string of the molecule is O=C(CSC1=NC(c2ccccc2)=NCN1c1ccccc1)N1CCN(c2ccccc2)CC1. The number of amidine groups is 2. The third-order valence-corrected chi connectivity index (χ3v) is 6.93. The highest BCUT2D eigenvalue weighted by atomic mass is 32.2. The lowest BCUT2D eigenvalue weighted by Crippen LogP contribution is -2.49. The molecule has 1 saturated heterocycles. The van der Waals surface area contributed by atoms with Gasteiger partial charge in [0, 0.05) is 43.1 Å². The number of carbonyl (C=O) groups excluding carboxylic acids is 1. The molecule has 1 fully saturated rings. The van der Waals surface area contributed by atoms with Crippen LogP contribution in [0.1, 0.15) is 5.56 Å². The molecule has 0 radical (unpaired) electrons. The van der Waals surface area contributed by atoms with Gasteiger partial charge in [0.2, 0.25) is 5.91 Å². The number of piperazine rings is 1. The second kappa shape index (κ2) is 10.6. The fourth-order valence-corrected chi connectivity index (χ4v) is 5.01. The van der Waals surface area contributed by atoms with Gasteiger partial charge in [0.25, 0.3) is 0 Å². The molecule has 1 amide bonds. The molecule has 0 atom stereocenters. The third kappa shape index (κ3) is 5.15. The molecule has 0 aliphatic carbocycles. The maximum atomic E-state index is 13.1. The number of rotatable bonds is 5. The zero-order valence-electron chi connectivity index (χ0n) is 19.0. The van der Waals surface area contributed by atoms with E-state index in [0.29, 0.717) is 18.3 Å². The number of nitrogens with zero attached hydrogens (tertiary/aromatic N) is 5. The predicted molar refractivity (Wildman–Crippen MR) is 142 cm³/mol. The minimum atomic E-state index is 0.150. The highest BCUT2D eigenvalue weighted by molar-refractivity contribution is 8.14. The van der Waals surface area contributed by atoms with Crippen LogP contribution in [0, 0.1) is 0 Å². The molecular weight excluding hydrogens is 442 g/mol. The molecule has 0 aromatic heterocycles. The van der Waals surface area contributed by atoms with Crippen LogP contribution in [0.3, 0.4) is 0 Å². The summed E-state index contributed by atoms with van der Waals surface area (Å²) in [7, 11) is 0. The number of anilines is 2. The summed E-state index contributed by atoms with van der Waals surface area (Å²) < 4.78 is 0. The van der Waals surface area contributed by atoms with Crippen molar-refractivity contribution in [2.24, 2.45) is 9.98 Å². The van der Waals surface area contributed by atoms with Gasteiger partial charge in [-0.25, -0.2) is 9.98 Å². The van der Waals surface area contributed by atoms with Crippen molar-refractivity contribution in [1.29, 1.82) is 0 Å². The summed E-state index contributed by atoms with van der Waals surface area (Å²) in [6.45, 7) is 3.65. The molecular formula is C27H27N5OS. The first-order valence-electron chi connectivity index (χ1n) is 11.5. The molecule has 3 aromatic carbocycles. The van der Waals surface area contributed by atoms with Gasteiger partial charge in [0.15, 0.2) is 11.0 Å². The number of thioether (sulfide) groups is 1. The lowest BCUT2D eigenvalue weighted by molar-refractivity contribution is -0.128. The van der Waals surface area contributed by atoms with Crippen LogP contribution in [0.2, 0.25) is 0 Å². The second-order valence-electron chi connectivity index (χ2n) is 8.14. The molecule has 0 saturated carbocycles. The molecule has 0 spiro atoms. The van der Waals surface area contributed by atoms with Crippen LogP contribution in [-0.4, -0.2) is 60.4 Å². The van der Waals surface area contributed by atoms with Crippen molar-refractivity contribution in [3.8, 4) is 0 Å². The summed E-state index contributed by atoms with van der Waals surface area (Å²) in [5.74, 6) is 1.21. The average molecular weight is 470 g/mol. The molecule has 0 bridgehead atoms. The van der Waals surface area contributed by atoms with E-state index >= 15 is 0 Å². The largest absolute Gasteiger partial charge is 0.368 e. The predicted octanol–water partition coefficient (Wildman–Crippen LogP) is 4.35. The first-order chi connectivity index (χ1) is 16.8. The van der Waals surface area contributed by atoms with Crippen LogP contribution in [0.25, 0.3) is 0 Å². The van der Waals surface area contributed by atoms with Gasteiger partial charge in [-0.1, -0.05) is 78.5 Å². The maximum Gasteiger partial charge on any atom is 0.233 e. The van der Waals surface area contributed by atoms with Gasteiger partial charge in [-0.2, -0.15) is 0 Å². The fourth-order valence-electron chi connectivity index (χ4n) is 4.11. The first kappa shape index (κ1) is 22.2. The summed E-state index contributed by atoms with van der Waals surface area (Å²) in [5, 5.41) is 0.802. The minimum Gasteiger partial charge on any atom is -0.368 e. The number of para-hydroxylation sites is 2. The number of benzene rings is 3. The van der Waals surface area contributed by atoms with Crippen molar-refractivity contribution in [2.75, 3.05) is 48.4 Å². The van der Waals surface area contributed by atoms with Crippen LogP contribution >= 0.6 is 11.8 Å². The highest BCUT2D eigenvalue weighted by Gasteiger charge is 2.25. The van der Waals surface area contributed by atoms with E-state index in [0.717, 1.165) is 42.6 Å². The van der Waals surface area contributed by atoms with E-state index in [1.54, 1.807) is 0 Å². The Morgan fingerprint density at radius 1 is 0.765 bits per heavy atom. The Balaban J connectivity index is 1.25. The Hall–Kier alpha value is -3.58. The van der Waals surface area contributed by atoms with Gasteiger partial charge >= 0.3 is 0 Å². The molecule has 5 rings (SSSR count). The van der Waals surface area contributed by atoms with Gasteiger partial charge in [0.05, 0.1) is 5.75 Å². The van der Waals surface area contributed by atoms with Crippen molar-refractivity contribution < 1.29 is 4.79 Å². The first-order valence-corrected chi connectivity index (χ1v) is 12.5. The van der Waals surface area contributed by atoms with Gasteiger partial charge in [-0.05, 0) is 24.3 Å². The third-order valence-electron chi connectivity index (χ3n) is 5.97. The zero-order valence-corrected chi connectivity index (χ0v) is 19.8. The Bertz CT molecular complexity index is 1160. The minimum absolute atomic E-state index is 0.150. The topological polar surface area (TPSA) is 51.5 Å². The van der Waals surface area contributed by atoms with E-state index < -0.39 is 0 Å². The number of hydrogen-bond acceptors (Lipinski definition) is 6. The van der Waals surface area contributed by atoms with E-state index in [2.05, 4.69) is 34.1 Å². The summed E-state index contributed by atoms with van der Waals surface area (Å²) in [6, 6.07) is 30.5. The quantitative estimate of drug-likeness (QED) is 0.558. The molecule has 34 heavy (non-hydrogen) atoms. The van der Waals surface area contributed by atoms with E-state index in [1.807, 2.05) is 71.6 Å². The number of aliphatic imine (C=N–C) groups is 2. The lowest BCUT2D eigenvalue weighted by atomic mass is 10.2. The van der Waals surface area contributed by atoms with E-state index in [-0.39, 0.29) is 5.91 Å². The van der Waals surface area contributed by atoms with Crippen molar-refractivity contribution in [2.45, 2.75) is 0 Å². The molecule has 6 nitrogen and oxygen atoms in total. The summed E-state index contributed by atoms with van der Waals surface area (Å²) in [5.41, 5.74) is 3.22. The molecule has 2 aliphatic heterocycles. The van der Waals surface area contributed by atoms with Gasteiger partial charge in [-0.15, -0.1) is 0 Å². The Labute approximate surface area is 204 Å². The zero-order chi connectivity index (χ0) is 23.2. The molecule has 7 heteroatoms. The van der Waals surface area contributed by atoms with Gasteiger partial charge < -0.3 is 14.7 Å². The standard InChI is InChI=1S/C27H27N5OS/c33-25(31-18-16-30(17-19-31)23-12-6-2-7-13-23)20-34-27-29-26(22-10-4-1-5-11-22)28-21-32(27)24-14-8-3-9-15-24/h1-15H,16-21H2. The summed E-state index contributed by atoms with van der Waals surface area (Å²) >= 11 is 1.49. The Morgan fingerprint density at radius 3 is 2.00 bits per heavy atom. The maximum absolute atomic E-state index is 13.1. The number of carbonyl (C=O) groups is 1.